The minimum absolute atomic E-state index is 0.340. The van der Waals surface area contributed by atoms with Crippen LogP contribution < -0.4 is 10.4 Å². The van der Waals surface area contributed by atoms with Gasteiger partial charge in [0.1, 0.15) is 0 Å². The lowest BCUT2D eigenvalue weighted by Gasteiger charge is -2.38. The number of aryl methyl sites for hydroxylation is 1. The Morgan fingerprint density at radius 2 is 2.19 bits per heavy atom. The van der Waals surface area contributed by atoms with Gasteiger partial charge in [-0.15, -0.1) is 0 Å². The van der Waals surface area contributed by atoms with Gasteiger partial charge in [0.2, 0.25) is 0 Å². The van der Waals surface area contributed by atoms with E-state index in [0.717, 1.165) is 36.4 Å². The Labute approximate surface area is 125 Å². The van der Waals surface area contributed by atoms with Gasteiger partial charge in [-0.2, -0.15) is 5.48 Å². The van der Waals surface area contributed by atoms with E-state index in [1.807, 2.05) is 25.4 Å². The number of anilines is 1. The molecule has 3 rings (SSSR count). The fraction of sp³-hybridized carbons (Fsp3) is 0.500. The minimum Gasteiger partial charge on any atom is -0.368 e. The molecule has 21 heavy (non-hydrogen) atoms. The zero-order valence-corrected chi connectivity index (χ0v) is 12.8. The lowest BCUT2D eigenvalue weighted by atomic mass is 9.95. The van der Waals surface area contributed by atoms with Gasteiger partial charge in [0, 0.05) is 24.7 Å². The average molecular weight is 286 g/mol. The Balaban J connectivity index is 1.98. The molecule has 1 fully saturated rings. The Kier molecular flexibility index (Phi) is 4.03. The molecule has 1 N–H and O–H groups in total. The zero-order valence-electron chi connectivity index (χ0n) is 12.8. The van der Waals surface area contributed by atoms with Crippen molar-refractivity contribution in [3.05, 3.63) is 30.2 Å². The molecule has 5 heteroatoms. The number of fused-ring (bicyclic) bond motifs is 1. The second-order valence-electron chi connectivity index (χ2n) is 5.89. The van der Waals surface area contributed by atoms with Crippen molar-refractivity contribution >= 4 is 16.6 Å². The summed E-state index contributed by atoms with van der Waals surface area (Å²) in [5, 5.41) is 1.18. The van der Waals surface area contributed by atoms with E-state index in [-0.39, 0.29) is 0 Å². The van der Waals surface area contributed by atoms with Crippen LogP contribution in [0.25, 0.3) is 10.9 Å². The van der Waals surface area contributed by atoms with E-state index in [9.17, 15) is 0 Å². The third-order valence-electron chi connectivity index (χ3n) is 4.09. The fourth-order valence-corrected chi connectivity index (χ4v) is 3.24. The standard InChI is InChI=1S/C16H22N4O/c1-11-7-13(19-21-3)10-20(9-11)15-8-18-12(2)16-14(15)5-4-6-17-16/h4-6,8,11,13,19H,7,9-10H2,1-3H3/t11-,13+/m0/s1. The van der Waals surface area contributed by atoms with Gasteiger partial charge in [-0.3, -0.25) is 9.97 Å². The SMILES string of the molecule is CON[C@@H]1C[C@H](C)CN(c2cnc(C)c3ncccc23)C1. The molecule has 1 aliphatic rings. The monoisotopic (exact) mass is 286 g/mol. The van der Waals surface area contributed by atoms with Gasteiger partial charge in [-0.1, -0.05) is 6.92 Å². The highest BCUT2D eigenvalue weighted by Gasteiger charge is 2.26. The summed E-state index contributed by atoms with van der Waals surface area (Å²) in [7, 11) is 1.68. The first kappa shape index (κ1) is 14.2. The minimum atomic E-state index is 0.340. The van der Waals surface area contributed by atoms with Crippen molar-refractivity contribution < 1.29 is 4.84 Å². The Morgan fingerprint density at radius 3 is 3.00 bits per heavy atom. The van der Waals surface area contributed by atoms with E-state index in [4.69, 9.17) is 4.84 Å². The number of piperidine rings is 1. The predicted molar refractivity (Wildman–Crippen MR) is 84.2 cm³/mol. The highest BCUT2D eigenvalue weighted by atomic mass is 16.6. The summed E-state index contributed by atoms with van der Waals surface area (Å²) < 4.78 is 0. The van der Waals surface area contributed by atoms with Crippen molar-refractivity contribution in [3.63, 3.8) is 0 Å². The molecule has 0 radical (unpaired) electrons. The van der Waals surface area contributed by atoms with Gasteiger partial charge in [0.15, 0.2) is 0 Å². The zero-order chi connectivity index (χ0) is 14.8. The molecule has 0 unspecified atom stereocenters. The second kappa shape index (κ2) is 5.95. The molecule has 0 aromatic carbocycles. The van der Waals surface area contributed by atoms with Crippen LogP contribution in [0.5, 0.6) is 0 Å². The molecule has 0 saturated carbocycles. The first-order valence-electron chi connectivity index (χ1n) is 7.43. The molecule has 0 aliphatic carbocycles. The van der Waals surface area contributed by atoms with Gasteiger partial charge in [0.25, 0.3) is 0 Å². The summed E-state index contributed by atoms with van der Waals surface area (Å²) in [6.45, 7) is 6.25. The van der Waals surface area contributed by atoms with Crippen LogP contribution in [-0.2, 0) is 4.84 Å². The maximum Gasteiger partial charge on any atom is 0.0935 e. The average Bonchev–Trinajstić information content (AvgIpc) is 2.47. The van der Waals surface area contributed by atoms with Crippen molar-refractivity contribution in [1.29, 1.82) is 0 Å². The summed E-state index contributed by atoms with van der Waals surface area (Å²) in [6.07, 6.45) is 4.93. The van der Waals surface area contributed by atoms with E-state index >= 15 is 0 Å². The van der Waals surface area contributed by atoms with Crippen LogP contribution in [0.15, 0.2) is 24.5 Å². The van der Waals surface area contributed by atoms with Crippen LogP contribution in [0.4, 0.5) is 5.69 Å². The molecule has 0 spiro atoms. The van der Waals surface area contributed by atoms with E-state index in [2.05, 4.69) is 33.3 Å². The Bertz CT molecular complexity index is 631. The molecule has 2 atom stereocenters. The van der Waals surface area contributed by atoms with Crippen molar-refractivity contribution in [2.75, 3.05) is 25.1 Å². The van der Waals surface area contributed by atoms with Gasteiger partial charge >= 0.3 is 0 Å². The molecular weight excluding hydrogens is 264 g/mol. The van der Waals surface area contributed by atoms with Gasteiger partial charge < -0.3 is 9.74 Å². The number of rotatable bonds is 3. The summed E-state index contributed by atoms with van der Waals surface area (Å²) in [6, 6.07) is 4.46. The molecule has 2 aromatic heterocycles. The topological polar surface area (TPSA) is 50.3 Å². The molecule has 2 aromatic rings. The van der Waals surface area contributed by atoms with Crippen LogP contribution in [-0.4, -0.2) is 36.2 Å². The molecule has 0 amide bonds. The molecule has 5 nitrogen and oxygen atoms in total. The quantitative estimate of drug-likeness (QED) is 0.877. The summed E-state index contributed by atoms with van der Waals surface area (Å²) in [4.78, 5) is 16.5. The maximum absolute atomic E-state index is 5.12. The van der Waals surface area contributed by atoms with Gasteiger partial charge in [-0.25, -0.2) is 0 Å². The summed E-state index contributed by atoms with van der Waals surface area (Å²) in [5.74, 6) is 0.611. The van der Waals surface area contributed by atoms with Crippen LogP contribution in [0.3, 0.4) is 0 Å². The summed E-state index contributed by atoms with van der Waals surface area (Å²) in [5.41, 5.74) is 6.23. The van der Waals surface area contributed by atoms with Crippen molar-refractivity contribution in [2.45, 2.75) is 26.3 Å². The van der Waals surface area contributed by atoms with Crippen LogP contribution in [0.2, 0.25) is 0 Å². The Morgan fingerprint density at radius 1 is 1.33 bits per heavy atom. The van der Waals surface area contributed by atoms with E-state index in [1.54, 1.807) is 7.11 Å². The first-order valence-corrected chi connectivity index (χ1v) is 7.43. The van der Waals surface area contributed by atoms with Crippen LogP contribution in [0.1, 0.15) is 19.0 Å². The maximum atomic E-state index is 5.12. The third-order valence-corrected chi connectivity index (χ3v) is 4.09. The van der Waals surface area contributed by atoms with Crippen molar-refractivity contribution in [1.82, 2.24) is 15.4 Å². The van der Waals surface area contributed by atoms with Crippen molar-refractivity contribution in [2.24, 2.45) is 5.92 Å². The Hall–Kier alpha value is -1.72. The molecule has 1 aliphatic heterocycles. The van der Waals surface area contributed by atoms with Crippen molar-refractivity contribution in [3.8, 4) is 0 Å². The number of hydrogen-bond donors (Lipinski definition) is 1. The normalized spacial score (nSPS) is 22.7. The van der Waals surface area contributed by atoms with E-state index < -0.39 is 0 Å². The molecule has 3 heterocycles. The molecule has 112 valence electrons. The number of hydroxylamine groups is 1. The summed E-state index contributed by atoms with van der Waals surface area (Å²) >= 11 is 0. The first-order chi connectivity index (χ1) is 10.2. The molecule has 1 saturated heterocycles. The van der Waals surface area contributed by atoms with E-state index in [0.29, 0.717) is 12.0 Å². The molecule has 0 bridgehead atoms. The molecular formula is C16H22N4O. The number of nitrogens with zero attached hydrogens (tertiary/aromatic N) is 3. The lowest BCUT2D eigenvalue weighted by molar-refractivity contribution is 0.0507. The van der Waals surface area contributed by atoms with Crippen LogP contribution >= 0.6 is 0 Å². The fourth-order valence-electron chi connectivity index (χ4n) is 3.24. The number of nitrogens with one attached hydrogen (secondary N) is 1. The number of hydrogen-bond acceptors (Lipinski definition) is 5. The highest BCUT2D eigenvalue weighted by Crippen LogP contribution is 2.29. The second-order valence-corrected chi connectivity index (χ2v) is 5.89. The third kappa shape index (κ3) is 2.84. The smallest absolute Gasteiger partial charge is 0.0935 e. The van der Waals surface area contributed by atoms with Gasteiger partial charge in [0.05, 0.1) is 36.2 Å². The number of aromatic nitrogens is 2. The lowest BCUT2D eigenvalue weighted by Crippen LogP contribution is -2.48. The van der Waals surface area contributed by atoms with Gasteiger partial charge in [-0.05, 0) is 31.4 Å². The number of pyridine rings is 2. The van der Waals surface area contributed by atoms with E-state index in [1.165, 1.54) is 5.39 Å². The highest BCUT2D eigenvalue weighted by molar-refractivity contribution is 5.92. The largest absolute Gasteiger partial charge is 0.368 e. The predicted octanol–water partition coefficient (Wildman–Crippen LogP) is 2.30. The van der Waals surface area contributed by atoms with Crippen LogP contribution in [0, 0.1) is 12.8 Å².